The lowest BCUT2D eigenvalue weighted by Crippen LogP contribution is -2.20. The second-order valence-electron chi connectivity index (χ2n) is 5.87. The fraction of sp³-hybridized carbons (Fsp3) is 0.278. The number of hydrogen-bond acceptors (Lipinski definition) is 4. The number of aromatic amines is 1. The summed E-state index contributed by atoms with van der Waals surface area (Å²) in [5.41, 5.74) is 3.75. The van der Waals surface area contributed by atoms with E-state index in [1.165, 1.54) is 0 Å². The number of carbonyl (C=O) groups is 1. The maximum atomic E-state index is 12.2. The SMILES string of the molecule is COCc1nc(-c2ccc(NC(=O)Cn3c(C)ccc3C)cc2)n[nH]1. The van der Waals surface area contributed by atoms with Crippen LogP contribution in [-0.2, 0) is 22.7 Å². The zero-order valence-electron chi connectivity index (χ0n) is 14.5. The summed E-state index contributed by atoms with van der Waals surface area (Å²) in [6.45, 7) is 4.67. The van der Waals surface area contributed by atoms with Crippen molar-refractivity contribution in [2.45, 2.75) is 27.0 Å². The molecule has 130 valence electrons. The number of amides is 1. The summed E-state index contributed by atoms with van der Waals surface area (Å²) < 4.78 is 7.00. The minimum atomic E-state index is -0.0598. The van der Waals surface area contributed by atoms with Crippen molar-refractivity contribution in [1.82, 2.24) is 19.7 Å². The average molecular weight is 339 g/mol. The molecule has 0 aliphatic carbocycles. The van der Waals surface area contributed by atoms with E-state index in [1.54, 1.807) is 7.11 Å². The van der Waals surface area contributed by atoms with Gasteiger partial charge in [0.05, 0.1) is 0 Å². The zero-order chi connectivity index (χ0) is 17.8. The number of aromatic nitrogens is 4. The molecular weight excluding hydrogens is 318 g/mol. The first-order chi connectivity index (χ1) is 12.1. The van der Waals surface area contributed by atoms with Gasteiger partial charge in [0.2, 0.25) is 5.91 Å². The van der Waals surface area contributed by atoms with Crippen LogP contribution in [0.3, 0.4) is 0 Å². The van der Waals surface area contributed by atoms with Gasteiger partial charge in [0.1, 0.15) is 13.2 Å². The van der Waals surface area contributed by atoms with E-state index in [-0.39, 0.29) is 5.91 Å². The maximum absolute atomic E-state index is 12.2. The molecule has 0 radical (unpaired) electrons. The quantitative estimate of drug-likeness (QED) is 0.723. The second kappa shape index (κ2) is 7.31. The molecule has 7 nitrogen and oxygen atoms in total. The predicted octanol–water partition coefficient (Wildman–Crippen LogP) is 2.68. The van der Waals surface area contributed by atoms with E-state index in [0.29, 0.717) is 24.8 Å². The van der Waals surface area contributed by atoms with Crippen LogP contribution in [0.5, 0.6) is 0 Å². The molecule has 25 heavy (non-hydrogen) atoms. The number of methoxy groups -OCH3 is 1. The molecule has 3 aromatic rings. The highest BCUT2D eigenvalue weighted by Gasteiger charge is 2.09. The molecule has 1 amide bonds. The standard InChI is InChI=1S/C18H21N5O2/c1-12-4-5-13(2)23(12)10-17(24)19-15-8-6-14(7-9-15)18-20-16(11-25-3)21-22-18/h4-9H,10-11H2,1-3H3,(H,19,24)(H,20,21,22). The molecule has 0 saturated heterocycles. The Kier molecular flexibility index (Phi) is 4.95. The lowest BCUT2D eigenvalue weighted by Gasteiger charge is -2.10. The Morgan fingerprint density at radius 1 is 1.16 bits per heavy atom. The Labute approximate surface area is 146 Å². The van der Waals surface area contributed by atoms with Crippen LogP contribution in [0.1, 0.15) is 17.2 Å². The molecule has 0 atom stereocenters. The number of ether oxygens (including phenoxy) is 1. The van der Waals surface area contributed by atoms with Crippen LogP contribution in [0.15, 0.2) is 36.4 Å². The number of anilines is 1. The van der Waals surface area contributed by atoms with E-state index < -0.39 is 0 Å². The first-order valence-corrected chi connectivity index (χ1v) is 8.00. The van der Waals surface area contributed by atoms with Gasteiger partial charge in [-0.1, -0.05) is 0 Å². The van der Waals surface area contributed by atoms with E-state index in [1.807, 2.05) is 54.8 Å². The molecular formula is C18H21N5O2. The van der Waals surface area contributed by atoms with Crippen molar-refractivity contribution >= 4 is 11.6 Å². The van der Waals surface area contributed by atoms with Crippen LogP contribution < -0.4 is 5.32 Å². The molecule has 3 rings (SSSR count). The summed E-state index contributed by atoms with van der Waals surface area (Å²) in [7, 11) is 1.61. The van der Waals surface area contributed by atoms with Crippen LogP contribution in [0.25, 0.3) is 11.4 Å². The number of carbonyl (C=O) groups excluding carboxylic acids is 1. The monoisotopic (exact) mass is 339 g/mol. The first kappa shape index (κ1) is 16.9. The molecule has 2 aromatic heterocycles. The van der Waals surface area contributed by atoms with Gasteiger partial charge in [-0.2, -0.15) is 5.10 Å². The third-order valence-corrected chi connectivity index (χ3v) is 3.96. The van der Waals surface area contributed by atoms with Gasteiger partial charge >= 0.3 is 0 Å². The first-order valence-electron chi connectivity index (χ1n) is 8.00. The maximum Gasteiger partial charge on any atom is 0.244 e. The lowest BCUT2D eigenvalue weighted by atomic mass is 10.2. The highest BCUT2D eigenvalue weighted by molar-refractivity contribution is 5.90. The number of H-pyrrole nitrogens is 1. The Balaban J connectivity index is 1.65. The van der Waals surface area contributed by atoms with Crippen LogP contribution in [0.2, 0.25) is 0 Å². The number of rotatable bonds is 6. The average Bonchev–Trinajstić information content (AvgIpc) is 3.18. The third kappa shape index (κ3) is 3.95. The van der Waals surface area contributed by atoms with E-state index in [0.717, 1.165) is 22.6 Å². The summed E-state index contributed by atoms with van der Waals surface area (Å²) in [6, 6.07) is 11.4. The molecule has 1 aromatic carbocycles. The van der Waals surface area contributed by atoms with Crippen LogP contribution in [0, 0.1) is 13.8 Å². The number of nitrogens with one attached hydrogen (secondary N) is 2. The van der Waals surface area contributed by atoms with E-state index in [2.05, 4.69) is 20.5 Å². The van der Waals surface area contributed by atoms with Crippen molar-refractivity contribution in [3.05, 3.63) is 53.6 Å². The summed E-state index contributed by atoms with van der Waals surface area (Å²) in [4.78, 5) is 16.6. The fourth-order valence-corrected chi connectivity index (χ4v) is 2.62. The second-order valence-corrected chi connectivity index (χ2v) is 5.87. The number of benzene rings is 1. The highest BCUT2D eigenvalue weighted by atomic mass is 16.5. The summed E-state index contributed by atoms with van der Waals surface area (Å²) in [6.07, 6.45) is 0. The van der Waals surface area contributed by atoms with Crippen LogP contribution >= 0.6 is 0 Å². The van der Waals surface area contributed by atoms with E-state index in [9.17, 15) is 4.79 Å². The summed E-state index contributed by atoms with van der Waals surface area (Å²) in [5, 5.41) is 9.90. The van der Waals surface area contributed by atoms with Crippen LogP contribution in [0.4, 0.5) is 5.69 Å². The van der Waals surface area contributed by atoms with E-state index >= 15 is 0 Å². The molecule has 0 fully saturated rings. The molecule has 0 spiro atoms. The molecule has 0 aliphatic heterocycles. The molecule has 7 heteroatoms. The minimum absolute atomic E-state index is 0.0598. The van der Waals surface area contributed by atoms with Crippen molar-refractivity contribution < 1.29 is 9.53 Å². The van der Waals surface area contributed by atoms with Crippen molar-refractivity contribution in [3.63, 3.8) is 0 Å². The largest absolute Gasteiger partial charge is 0.377 e. The number of nitrogens with zero attached hydrogens (tertiary/aromatic N) is 3. The van der Waals surface area contributed by atoms with Crippen LogP contribution in [-0.4, -0.2) is 32.8 Å². The van der Waals surface area contributed by atoms with Crippen molar-refractivity contribution in [1.29, 1.82) is 0 Å². The van der Waals surface area contributed by atoms with Crippen molar-refractivity contribution in [2.24, 2.45) is 0 Å². The van der Waals surface area contributed by atoms with Gasteiger partial charge < -0.3 is 14.6 Å². The van der Waals surface area contributed by atoms with Gasteiger partial charge in [-0.15, -0.1) is 0 Å². The normalized spacial score (nSPS) is 10.8. The molecule has 0 aliphatic rings. The Morgan fingerprint density at radius 2 is 1.84 bits per heavy atom. The zero-order valence-corrected chi connectivity index (χ0v) is 14.5. The summed E-state index contributed by atoms with van der Waals surface area (Å²) >= 11 is 0. The smallest absolute Gasteiger partial charge is 0.244 e. The van der Waals surface area contributed by atoms with Gasteiger partial charge in [0.15, 0.2) is 11.6 Å². The van der Waals surface area contributed by atoms with Gasteiger partial charge in [-0.3, -0.25) is 9.89 Å². The van der Waals surface area contributed by atoms with E-state index in [4.69, 9.17) is 4.74 Å². The van der Waals surface area contributed by atoms with Crippen molar-refractivity contribution in [3.8, 4) is 11.4 Å². The third-order valence-electron chi connectivity index (χ3n) is 3.96. The topological polar surface area (TPSA) is 84.8 Å². The fourth-order valence-electron chi connectivity index (χ4n) is 2.62. The highest BCUT2D eigenvalue weighted by Crippen LogP contribution is 2.18. The summed E-state index contributed by atoms with van der Waals surface area (Å²) in [5.74, 6) is 1.21. The number of aryl methyl sites for hydroxylation is 2. The Hall–Kier alpha value is -2.93. The lowest BCUT2D eigenvalue weighted by molar-refractivity contribution is -0.116. The molecule has 2 heterocycles. The predicted molar refractivity (Wildman–Crippen MR) is 95.1 cm³/mol. The van der Waals surface area contributed by atoms with Gasteiger partial charge in [0, 0.05) is 29.7 Å². The molecule has 0 saturated carbocycles. The van der Waals surface area contributed by atoms with Crippen molar-refractivity contribution in [2.75, 3.05) is 12.4 Å². The Morgan fingerprint density at radius 3 is 2.48 bits per heavy atom. The number of hydrogen-bond donors (Lipinski definition) is 2. The van der Waals surface area contributed by atoms with Gasteiger partial charge in [0.25, 0.3) is 0 Å². The molecule has 0 bridgehead atoms. The molecule has 2 N–H and O–H groups in total. The Bertz CT molecular complexity index is 844. The minimum Gasteiger partial charge on any atom is -0.377 e. The van der Waals surface area contributed by atoms with Gasteiger partial charge in [-0.05, 0) is 50.2 Å². The van der Waals surface area contributed by atoms with Gasteiger partial charge in [-0.25, -0.2) is 4.98 Å². The molecule has 0 unspecified atom stereocenters.